The van der Waals surface area contributed by atoms with Gasteiger partial charge in [-0.25, -0.2) is 0 Å². The molecule has 5 heteroatoms. The Labute approximate surface area is 159 Å². The first-order valence-corrected chi connectivity index (χ1v) is 10.2. The van der Waals surface area contributed by atoms with E-state index in [4.69, 9.17) is 0 Å². The lowest BCUT2D eigenvalue weighted by atomic mass is 9.94. The number of rotatable bonds is 5. The van der Waals surface area contributed by atoms with Gasteiger partial charge in [0.2, 0.25) is 5.91 Å². The molecule has 1 aromatic rings. The number of nitrogens with zero attached hydrogens (tertiary/aromatic N) is 2. The molecule has 0 radical (unpaired) electrons. The summed E-state index contributed by atoms with van der Waals surface area (Å²) in [7, 11) is 0. The minimum atomic E-state index is -0.123. The molecule has 1 saturated carbocycles. The van der Waals surface area contributed by atoms with E-state index in [1.54, 1.807) is 11.0 Å². The van der Waals surface area contributed by atoms with Crippen LogP contribution < -0.4 is 4.90 Å². The molecular weight excluding hydrogens is 344 g/mol. The second-order valence-corrected chi connectivity index (χ2v) is 7.78. The number of amides is 2. The van der Waals surface area contributed by atoms with E-state index in [0.29, 0.717) is 24.0 Å². The van der Waals surface area contributed by atoms with Gasteiger partial charge in [-0.1, -0.05) is 49.2 Å². The van der Waals surface area contributed by atoms with Crippen LogP contribution in [0.3, 0.4) is 0 Å². The minimum absolute atomic E-state index is 0.0480. The summed E-state index contributed by atoms with van der Waals surface area (Å²) >= 11 is 1.39. The van der Waals surface area contributed by atoms with Crippen LogP contribution in [0.2, 0.25) is 0 Å². The molecule has 1 fully saturated rings. The summed E-state index contributed by atoms with van der Waals surface area (Å²) in [6, 6.07) is 8.10. The monoisotopic (exact) mass is 370 g/mol. The Morgan fingerprint density at radius 1 is 1.31 bits per heavy atom. The fourth-order valence-electron chi connectivity index (χ4n) is 3.75. The quantitative estimate of drug-likeness (QED) is 0.571. The first kappa shape index (κ1) is 18.8. The number of thioether (sulfide) groups is 1. The van der Waals surface area contributed by atoms with E-state index in [0.717, 1.165) is 23.4 Å². The van der Waals surface area contributed by atoms with Gasteiger partial charge in [-0.2, -0.15) is 0 Å². The third-order valence-electron chi connectivity index (χ3n) is 5.04. The molecule has 1 aliphatic heterocycles. The summed E-state index contributed by atoms with van der Waals surface area (Å²) < 4.78 is 0. The maximum atomic E-state index is 12.9. The van der Waals surface area contributed by atoms with Gasteiger partial charge in [0, 0.05) is 30.1 Å². The Morgan fingerprint density at radius 2 is 2.04 bits per heavy atom. The van der Waals surface area contributed by atoms with Crippen LogP contribution in [0.15, 0.2) is 52.8 Å². The van der Waals surface area contributed by atoms with E-state index in [9.17, 15) is 9.59 Å². The van der Waals surface area contributed by atoms with Crippen LogP contribution in [0.25, 0.3) is 0 Å². The van der Waals surface area contributed by atoms with E-state index in [-0.39, 0.29) is 11.8 Å². The summed E-state index contributed by atoms with van der Waals surface area (Å²) in [5.74, 6) is -0.171. The molecule has 26 heavy (non-hydrogen) atoms. The average molecular weight is 371 g/mol. The van der Waals surface area contributed by atoms with E-state index in [2.05, 4.69) is 6.58 Å². The van der Waals surface area contributed by atoms with Crippen molar-refractivity contribution >= 4 is 29.3 Å². The molecule has 3 rings (SSSR count). The highest BCUT2D eigenvalue weighted by molar-refractivity contribution is 8.04. The van der Waals surface area contributed by atoms with Crippen molar-refractivity contribution < 1.29 is 9.59 Å². The molecule has 1 heterocycles. The van der Waals surface area contributed by atoms with Gasteiger partial charge in [-0.15, -0.1) is 6.58 Å². The summed E-state index contributed by atoms with van der Waals surface area (Å²) in [6.07, 6.45) is 9.00. The number of hydrogen-bond acceptors (Lipinski definition) is 3. The normalized spacial score (nSPS) is 19.3. The van der Waals surface area contributed by atoms with Crippen LogP contribution in [0.1, 0.15) is 39.0 Å². The Bertz CT molecular complexity index is 722. The second-order valence-electron chi connectivity index (χ2n) is 6.70. The van der Waals surface area contributed by atoms with Crippen molar-refractivity contribution in [1.82, 2.24) is 4.90 Å². The third-order valence-corrected chi connectivity index (χ3v) is 6.11. The number of carbonyl (C=O) groups excluding carboxylic acids is 2. The predicted octanol–water partition coefficient (Wildman–Crippen LogP) is 4.38. The molecule has 0 atom stereocenters. The highest BCUT2D eigenvalue weighted by Crippen LogP contribution is 2.41. The summed E-state index contributed by atoms with van der Waals surface area (Å²) in [6.45, 7) is 6.88. The highest BCUT2D eigenvalue weighted by atomic mass is 32.2. The van der Waals surface area contributed by atoms with Crippen molar-refractivity contribution in [3.8, 4) is 0 Å². The first-order valence-electron chi connectivity index (χ1n) is 9.37. The summed E-state index contributed by atoms with van der Waals surface area (Å²) in [5.41, 5.74) is 0.881. The number of benzene rings is 1. The Hall–Kier alpha value is -2.01. The molecule has 0 bridgehead atoms. The maximum absolute atomic E-state index is 12.9. The summed E-state index contributed by atoms with van der Waals surface area (Å²) in [4.78, 5) is 30.9. The van der Waals surface area contributed by atoms with Crippen LogP contribution in [-0.4, -0.2) is 35.8 Å². The van der Waals surface area contributed by atoms with Crippen LogP contribution >= 0.6 is 11.8 Å². The SMILES string of the molecule is C=CCN1C(=O)/C(=C\C(=O)N(CC)C2CCCCC2)Sc2ccccc21. The van der Waals surface area contributed by atoms with Crippen LogP contribution in [0.4, 0.5) is 5.69 Å². The number of anilines is 1. The van der Waals surface area contributed by atoms with Gasteiger partial charge in [0.05, 0.1) is 10.6 Å². The number of fused-ring (bicyclic) bond motifs is 1. The van der Waals surface area contributed by atoms with Crippen molar-refractivity contribution in [2.45, 2.75) is 50.0 Å². The van der Waals surface area contributed by atoms with Crippen molar-refractivity contribution in [2.24, 2.45) is 0 Å². The molecule has 138 valence electrons. The zero-order chi connectivity index (χ0) is 18.5. The van der Waals surface area contributed by atoms with Gasteiger partial charge in [-0.3, -0.25) is 9.59 Å². The zero-order valence-electron chi connectivity index (χ0n) is 15.3. The van der Waals surface area contributed by atoms with E-state index in [1.165, 1.54) is 37.1 Å². The number of hydrogen-bond donors (Lipinski definition) is 0. The van der Waals surface area contributed by atoms with E-state index < -0.39 is 0 Å². The number of para-hydroxylation sites is 1. The largest absolute Gasteiger partial charge is 0.336 e. The highest BCUT2D eigenvalue weighted by Gasteiger charge is 2.30. The molecule has 0 N–H and O–H groups in total. The van der Waals surface area contributed by atoms with Gasteiger partial charge in [0.15, 0.2) is 0 Å². The molecule has 0 unspecified atom stereocenters. The first-order chi connectivity index (χ1) is 12.7. The molecule has 4 nitrogen and oxygen atoms in total. The lowest BCUT2D eigenvalue weighted by Crippen LogP contribution is -2.41. The zero-order valence-corrected chi connectivity index (χ0v) is 16.1. The van der Waals surface area contributed by atoms with E-state index >= 15 is 0 Å². The smallest absolute Gasteiger partial charge is 0.265 e. The van der Waals surface area contributed by atoms with Crippen molar-refractivity contribution in [3.63, 3.8) is 0 Å². The van der Waals surface area contributed by atoms with Gasteiger partial charge in [0.1, 0.15) is 0 Å². The molecule has 1 aromatic carbocycles. The van der Waals surface area contributed by atoms with Crippen LogP contribution in [0, 0.1) is 0 Å². The van der Waals surface area contributed by atoms with E-state index in [1.807, 2.05) is 36.1 Å². The average Bonchev–Trinajstić information content (AvgIpc) is 2.66. The third kappa shape index (κ3) is 3.88. The van der Waals surface area contributed by atoms with Crippen molar-refractivity contribution in [1.29, 1.82) is 0 Å². The van der Waals surface area contributed by atoms with Gasteiger partial charge >= 0.3 is 0 Å². The minimum Gasteiger partial charge on any atom is -0.336 e. The predicted molar refractivity (Wildman–Crippen MR) is 107 cm³/mol. The number of carbonyl (C=O) groups is 2. The Kier molecular flexibility index (Phi) is 6.20. The van der Waals surface area contributed by atoms with Gasteiger partial charge in [0.25, 0.3) is 5.91 Å². The summed E-state index contributed by atoms with van der Waals surface area (Å²) in [5, 5.41) is 0. The van der Waals surface area contributed by atoms with Crippen molar-refractivity contribution in [3.05, 3.63) is 47.9 Å². The molecule has 0 aromatic heterocycles. The fraction of sp³-hybridized carbons (Fsp3) is 0.429. The lowest BCUT2D eigenvalue weighted by molar-refractivity contribution is -0.129. The standard InChI is InChI=1S/C21H26N2O2S/c1-3-14-23-17-12-8-9-13-18(17)26-19(21(23)25)15-20(24)22(4-2)16-10-6-5-7-11-16/h3,8-9,12-13,15-16H,1,4-7,10-11,14H2,2H3/b19-15+. The molecule has 2 aliphatic rings. The maximum Gasteiger partial charge on any atom is 0.265 e. The molecule has 1 aliphatic carbocycles. The van der Waals surface area contributed by atoms with Crippen molar-refractivity contribution in [2.75, 3.05) is 18.0 Å². The molecular formula is C21H26N2O2S. The van der Waals surface area contributed by atoms with Gasteiger partial charge in [-0.05, 0) is 31.9 Å². The van der Waals surface area contributed by atoms with Crippen LogP contribution in [0.5, 0.6) is 0 Å². The second kappa shape index (κ2) is 8.58. The molecule has 0 spiro atoms. The van der Waals surface area contributed by atoms with Gasteiger partial charge < -0.3 is 9.80 Å². The topological polar surface area (TPSA) is 40.6 Å². The molecule has 0 saturated heterocycles. The Balaban J connectivity index is 1.86. The Morgan fingerprint density at radius 3 is 2.73 bits per heavy atom. The molecule has 2 amide bonds. The van der Waals surface area contributed by atoms with Crippen LogP contribution in [-0.2, 0) is 9.59 Å². The fourth-order valence-corrected chi connectivity index (χ4v) is 4.78. The lowest BCUT2D eigenvalue weighted by Gasteiger charge is -2.33. The number of likely N-dealkylation sites (N-methyl/N-ethyl adjacent to an activating group) is 1.